The average Bonchev–Trinajstić information content (AvgIpc) is 3.10. The first-order valence-electron chi connectivity index (χ1n) is 8.27. The summed E-state index contributed by atoms with van der Waals surface area (Å²) in [4.78, 5) is 27.4. The predicted molar refractivity (Wildman–Crippen MR) is 91.2 cm³/mol. The van der Waals surface area contributed by atoms with Crippen molar-refractivity contribution >= 4 is 11.9 Å². The second kappa shape index (κ2) is 7.79. The van der Waals surface area contributed by atoms with E-state index in [4.69, 9.17) is 9.84 Å². The Bertz CT molecular complexity index is 748. The maximum atomic E-state index is 12.4. The SMILES string of the molecule is O=C(N[C@@H]1CC[C@H](C(=O)O)C1)c1cccc(OCc2cccnc2)c1. The number of nitrogens with one attached hydrogen (secondary N) is 1. The molecule has 1 heterocycles. The van der Waals surface area contributed by atoms with E-state index in [2.05, 4.69) is 10.3 Å². The number of ether oxygens (including phenoxy) is 1. The summed E-state index contributed by atoms with van der Waals surface area (Å²) >= 11 is 0. The maximum absolute atomic E-state index is 12.4. The number of carbonyl (C=O) groups excluding carboxylic acids is 1. The Morgan fingerprint density at radius 1 is 1.24 bits per heavy atom. The molecule has 6 nitrogen and oxygen atoms in total. The largest absolute Gasteiger partial charge is 0.489 e. The molecule has 0 bridgehead atoms. The predicted octanol–water partition coefficient (Wildman–Crippen LogP) is 2.64. The Labute approximate surface area is 145 Å². The van der Waals surface area contributed by atoms with Crippen molar-refractivity contribution < 1.29 is 19.4 Å². The molecule has 2 N–H and O–H groups in total. The molecule has 0 radical (unpaired) electrons. The molecule has 6 heteroatoms. The summed E-state index contributed by atoms with van der Waals surface area (Å²) in [6.45, 7) is 0.377. The van der Waals surface area contributed by atoms with E-state index in [-0.39, 0.29) is 17.9 Å². The van der Waals surface area contributed by atoms with Gasteiger partial charge in [0.2, 0.25) is 0 Å². The number of aliphatic carboxylic acids is 1. The monoisotopic (exact) mass is 340 g/mol. The first-order chi connectivity index (χ1) is 12.1. The number of hydrogen-bond acceptors (Lipinski definition) is 4. The first-order valence-corrected chi connectivity index (χ1v) is 8.27. The van der Waals surface area contributed by atoms with Gasteiger partial charge in [0.25, 0.3) is 5.91 Å². The average molecular weight is 340 g/mol. The summed E-state index contributed by atoms with van der Waals surface area (Å²) in [5.41, 5.74) is 1.45. The molecule has 1 saturated carbocycles. The van der Waals surface area contributed by atoms with Gasteiger partial charge in [-0.05, 0) is 43.5 Å². The fourth-order valence-electron chi connectivity index (χ4n) is 2.98. The van der Waals surface area contributed by atoms with Crippen LogP contribution in [-0.2, 0) is 11.4 Å². The topological polar surface area (TPSA) is 88.5 Å². The van der Waals surface area contributed by atoms with E-state index in [1.807, 2.05) is 12.1 Å². The number of aromatic nitrogens is 1. The minimum atomic E-state index is -0.789. The van der Waals surface area contributed by atoms with Crippen molar-refractivity contribution in [2.24, 2.45) is 5.92 Å². The smallest absolute Gasteiger partial charge is 0.306 e. The summed E-state index contributed by atoms with van der Waals surface area (Å²) < 4.78 is 5.70. The number of nitrogens with zero attached hydrogens (tertiary/aromatic N) is 1. The molecule has 0 aliphatic heterocycles. The van der Waals surface area contributed by atoms with Crippen molar-refractivity contribution in [1.29, 1.82) is 0 Å². The Kier molecular flexibility index (Phi) is 5.28. The lowest BCUT2D eigenvalue weighted by atomic mass is 10.1. The number of carbonyl (C=O) groups is 2. The molecule has 25 heavy (non-hydrogen) atoms. The number of carboxylic acids is 1. The highest BCUT2D eigenvalue weighted by atomic mass is 16.5. The van der Waals surface area contributed by atoms with Gasteiger partial charge in [0, 0.05) is 29.6 Å². The van der Waals surface area contributed by atoms with Gasteiger partial charge in [0.15, 0.2) is 0 Å². The lowest BCUT2D eigenvalue weighted by Crippen LogP contribution is -2.33. The number of benzene rings is 1. The van der Waals surface area contributed by atoms with Gasteiger partial charge >= 0.3 is 5.97 Å². The number of hydrogen-bond donors (Lipinski definition) is 2. The van der Waals surface area contributed by atoms with Gasteiger partial charge in [-0.15, -0.1) is 0 Å². The molecule has 2 aromatic rings. The van der Waals surface area contributed by atoms with E-state index in [0.29, 0.717) is 37.2 Å². The third-order valence-electron chi connectivity index (χ3n) is 4.34. The highest BCUT2D eigenvalue weighted by Crippen LogP contribution is 2.26. The molecular weight excluding hydrogens is 320 g/mol. The second-order valence-corrected chi connectivity index (χ2v) is 6.20. The molecule has 2 atom stereocenters. The van der Waals surface area contributed by atoms with Crippen LogP contribution in [0, 0.1) is 5.92 Å². The molecule has 0 saturated heterocycles. The van der Waals surface area contributed by atoms with Gasteiger partial charge in [0.05, 0.1) is 5.92 Å². The third-order valence-corrected chi connectivity index (χ3v) is 4.34. The Balaban J connectivity index is 1.57. The number of carboxylic acid groups (broad SMARTS) is 1. The zero-order valence-corrected chi connectivity index (χ0v) is 13.7. The summed E-state index contributed by atoms with van der Waals surface area (Å²) in [7, 11) is 0. The molecule has 1 amide bonds. The van der Waals surface area contributed by atoms with Crippen LogP contribution in [0.5, 0.6) is 5.75 Å². The van der Waals surface area contributed by atoms with Crippen LogP contribution in [0.1, 0.15) is 35.2 Å². The summed E-state index contributed by atoms with van der Waals surface area (Å²) in [6, 6.07) is 10.6. The van der Waals surface area contributed by atoms with E-state index < -0.39 is 5.97 Å². The van der Waals surface area contributed by atoms with Crippen molar-refractivity contribution in [3.05, 3.63) is 59.9 Å². The van der Waals surface area contributed by atoms with Crippen molar-refractivity contribution in [2.45, 2.75) is 31.9 Å². The minimum absolute atomic E-state index is 0.0893. The molecule has 0 unspecified atom stereocenters. The third kappa shape index (κ3) is 4.56. The minimum Gasteiger partial charge on any atom is -0.489 e. The highest BCUT2D eigenvalue weighted by Gasteiger charge is 2.30. The highest BCUT2D eigenvalue weighted by molar-refractivity contribution is 5.94. The van der Waals surface area contributed by atoms with E-state index in [1.54, 1.807) is 36.7 Å². The molecular formula is C19H20N2O4. The van der Waals surface area contributed by atoms with Crippen LogP contribution >= 0.6 is 0 Å². The van der Waals surface area contributed by atoms with E-state index in [9.17, 15) is 9.59 Å². The second-order valence-electron chi connectivity index (χ2n) is 6.20. The van der Waals surface area contributed by atoms with Gasteiger partial charge in [-0.2, -0.15) is 0 Å². The zero-order valence-electron chi connectivity index (χ0n) is 13.7. The quantitative estimate of drug-likeness (QED) is 0.844. The first kappa shape index (κ1) is 17.0. The van der Waals surface area contributed by atoms with Crippen molar-refractivity contribution in [3.8, 4) is 5.75 Å². The van der Waals surface area contributed by atoms with Crippen molar-refractivity contribution in [2.75, 3.05) is 0 Å². The standard InChI is InChI=1S/C19H20N2O4/c22-18(21-16-7-6-15(9-16)19(23)24)14-4-1-5-17(10-14)25-12-13-3-2-8-20-11-13/h1-5,8,10-11,15-16H,6-7,9,12H2,(H,21,22)(H,23,24)/t15-,16+/m0/s1. The van der Waals surface area contributed by atoms with Crippen LogP contribution in [0.4, 0.5) is 0 Å². The summed E-state index contributed by atoms with van der Waals surface area (Å²) in [6.07, 6.45) is 5.22. The lowest BCUT2D eigenvalue weighted by molar-refractivity contribution is -0.141. The molecule has 130 valence electrons. The Morgan fingerprint density at radius 3 is 2.84 bits per heavy atom. The van der Waals surface area contributed by atoms with Crippen LogP contribution in [0.15, 0.2) is 48.8 Å². The summed E-state index contributed by atoms with van der Waals surface area (Å²) in [5.74, 6) is -0.754. The van der Waals surface area contributed by atoms with Crippen LogP contribution in [0.25, 0.3) is 0 Å². The molecule has 0 spiro atoms. The van der Waals surface area contributed by atoms with Crippen LogP contribution < -0.4 is 10.1 Å². The number of pyridine rings is 1. The lowest BCUT2D eigenvalue weighted by Gasteiger charge is -2.13. The van der Waals surface area contributed by atoms with Gasteiger partial charge in [0.1, 0.15) is 12.4 Å². The normalized spacial score (nSPS) is 19.4. The molecule has 1 aromatic heterocycles. The van der Waals surface area contributed by atoms with Crippen molar-refractivity contribution in [3.63, 3.8) is 0 Å². The van der Waals surface area contributed by atoms with Gasteiger partial charge in [-0.1, -0.05) is 12.1 Å². The van der Waals surface area contributed by atoms with Crippen LogP contribution in [0.3, 0.4) is 0 Å². The van der Waals surface area contributed by atoms with Gasteiger partial charge in [-0.25, -0.2) is 0 Å². The van der Waals surface area contributed by atoms with Crippen LogP contribution in [0.2, 0.25) is 0 Å². The van der Waals surface area contributed by atoms with E-state index >= 15 is 0 Å². The fourth-order valence-corrected chi connectivity index (χ4v) is 2.98. The summed E-state index contributed by atoms with van der Waals surface area (Å²) in [5, 5.41) is 12.0. The number of rotatable bonds is 6. The van der Waals surface area contributed by atoms with Gasteiger partial charge < -0.3 is 15.2 Å². The zero-order chi connectivity index (χ0) is 17.6. The van der Waals surface area contributed by atoms with Crippen LogP contribution in [-0.4, -0.2) is 28.0 Å². The fraction of sp³-hybridized carbons (Fsp3) is 0.316. The molecule has 1 aromatic carbocycles. The van der Waals surface area contributed by atoms with Crippen molar-refractivity contribution in [1.82, 2.24) is 10.3 Å². The molecule has 1 aliphatic rings. The number of amides is 1. The molecule has 1 aliphatic carbocycles. The van der Waals surface area contributed by atoms with E-state index in [1.165, 1.54) is 0 Å². The maximum Gasteiger partial charge on any atom is 0.306 e. The Morgan fingerprint density at radius 2 is 2.12 bits per heavy atom. The molecule has 3 rings (SSSR count). The Hall–Kier alpha value is -2.89. The van der Waals surface area contributed by atoms with E-state index in [0.717, 1.165) is 5.56 Å². The molecule has 1 fully saturated rings. The van der Waals surface area contributed by atoms with Gasteiger partial charge in [-0.3, -0.25) is 14.6 Å².